The van der Waals surface area contributed by atoms with Crippen LogP contribution in [0.1, 0.15) is 32.1 Å². The van der Waals surface area contributed by atoms with E-state index in [0.717, 1.165) is 19.3 Å². The van der Waals surface area contributed by atoms with Crippen LogP contribution in [0.2, 0.25) is 0 Å². The van der Waals surface area contributed by atoms with Crippen LogP contribution in [0.5, 0.6) is 0 Å². The summed E-state index contributed by atoms with van der Waals surface area (Å²) < 4.78 is 36.3. The van der Waals surface area contributed by atoms with Crippen LogP contribution >= 0.6 is 11.6 Å². The lowest BCUT2D eigenvalue weighted by molar-refractivity contribution is -0.164. The van der Waals surface area contributed by atoms with Crippen molar-refractivity contribution in [3.8, 4) is 0 Å². The Balaban J connectivity index is 2.57. The Bertz CT molecular complexity index is 243. The van der Waals surface area contributed by atoms with Crippen molar-refractivity contribution in [3.05, 3.63) is 0 Å². The number of hydrogen-bond acceptors (Lipinski definition) is 1. The highest BCUT2D eigenvalue weighted by Crippen LogP contribution is 2.25. The van der Waals surface area contributed by atoms with Crippen LogP contribution in [0.3, 0.4) is 0 Å². The maximum absolute atomic E-state index is 12.1. The van der Waals surface area contributed by atoms with Gasteiger partial charge in [0.25, 0.3) is 0 Å². The van der Waals surface area contributed by atoms with Gasteiger partial charge in [-0.25, -0.2) is 0 Å². The zero-order valence-electron chi connectivity index (χ0n) is 8.89. The normalized spacial score (nSPS) is 22.2. The number of halogens is 4. The summed E-state index contributed by atoms with van der Waals surface area (Å²) in [5.74, 6) is -0.442. The zero-order valence-corrected chi connectivity index (χ0v) is 9.65. The van der Waals surface area contributed by atoms with E-state index in [-0.39, 0.29) is 6.04 Å². The van der Waals surface area contributed by atoms with Gasteiger partial charge in [-0.2, -0.15) is 13.2 Å². The third-order valence-corrected chi connectivity index (χ3v) is 2.96. The van der Waals surface area contributed by atoms with Crippen molar-refractivity contribution >= 4 is 17.5 Å². The number of carbonyl (C=O) groups is 1. The van der Waals surface area contributed by atoms with Crippen LogP contribution in [0, 0.1) is 0 Å². The minimum atomic E-state index is -4.42. The van der Waals surface area contributed by atoms with Gasteiger partial charge in [-0.3, -0.25) is 4.79 Å². The Hall–Kier alpha value is -0.450. The molecule has 1 saturated heterocycles. The van der Waals surface area contributed by atoms with Crippen LogP contribution in [-0.4, -0.2) is 35.4 Å². The van der Waals surface area contributed by atoms with E-state index in [1.54, 1.807) is 0 Å². The largest absolute Gasteiger partial charge is 0.397 e. The molecule has 0 saturated carbocycles. The number of nitrogens with zero attached hydrogens (tertiary/aromatic N) is 1. The first-order valence-electron chi connectivity index (χ1n) is 5.36. The van der Waals surface area contributed by atoms with Gasteiger partial charge in [-0.05, 0) is 25.7 Å². The topological polar surface area (TPSA) is 20.3 Å². The van der Waals surface area contributed by atoms with Crippen LogP contribution in [0.4, 0.5) is 13.2 Å². The highest BCUT2D eigenvalue weighted by molar-refractivity contribution is 6.17. The van der Waals surface area contributed by atoms with Gasteiger partial charge in [0.1, 0.15) is 6.42 Å². The van der Waals surface area contributed by atoms with Crippen molar-refractivity contribution in [2.75, 3.05) is 12.4 Å². The molecule has 0 N–H and O–H groups in total. The average molecular weight is 258 g/mol. The summed E-state index contributed by atoms with van der Waals surface area (Å²) in [5.41, 5.74) is 0. The van der Waals surface area contributed by atoms with E-state index in [0.29, 0.717) is 18.8 Å². The molecule has 0 aliphatic carbocycles. The number of hydrogen-bond donors (Lipinski definition) is 0. The monoisotopic (exact) mass is 257 g/mol. The number of amides is 1. The average Bonchev–Trinajstić information content (AvgIpc) is 2.16. The summed E-state index contributed by atoms with van der Waals surface area (Å²) in [6, 6.07) is -0.110. The molecule has 16 heavy (non-hydrogen) atoms. The molecule has 1 amide bonds. The molecule has 0 aromatic rings. The second kappa shape index (κ2) is 5.75. The van der Waals surface area contributed by atoms with Gasteiger partial charge in [0.15, 0.2) is 0 Å². The third kappa shape index (κ3) is 4.20. The summed E-state index contributed by atoms with van der Waals surface area (Å²) in [4.78, 5) is 12.8. The number of carbonyl (C=O) groups excluding carboxylic acids is 1. The molecule has 0 radical (unpaired) electrons. The molecule has 2 nitrogen and oxygen atoms in total. The fraction of sp³-hybridized carbons (Fsp3) is 0.900. The molecule has 1 aliphatic heterocycles. The molecule has 0 bridgehead atoms. The Morgan fingerprint density at radius 1 is 1.38 bits per heavy atom. The molecule has 1 atom stereocenters. The fourth-order valence-electron chi connectivity index (χ4n) is 2.03. The van der Waals surface area contributed by atoms with Crippen LogP contribution in [0.25, 0.3) is 0 Å². The minimum absolute atomic E-state index is 0.110. The van der Waals surface area contributed by atoms with Gasteiger partial charge >= 0.3 is 6.18 Å². The third-order valence-electron chi connectivity index (χ3n) is 2.74. The van der Waals surface area contributed by atoms with E-state index >= 15 is 0 Å². The summed E-state index contributed by atoms with van der Waals surface area (Å²) in [7, 11) is 0. The van der Waals surface area contributed by atoms with Crippen LogP contribution in [-0.2, 0) is 4.79 Å². The van der Waals surface area contributed by atoms with Gasteiger partial charge in [0, 0.05) is 18.5 Å². The van der Waals surface area contributed by atoms with E-state index < -0.39 is 18.5 Å². The summed E-state index contributed by atoms with van der Waals surface area (Å²) in [6.07, 6.45) is -2.70. The molecule has 94 valence electrons. The number of rotatable bonds is 3. The smallest absolute Gasteiger partial charge is 0.339 e. The SMILES string of the molecule is O=C(CC(F)(F)F)N1CCCCC1CCCl. The van der Waals surface area contributed by atoms with Crippen molar-refractivity contribution in [1.82, 2.24) is 4.90 Å². The van der Waals surface area contributed by atoms with Gasteiger partial charge in [-0.1, -0.05) is 0 Å². The molecule has 1 rings (SSSR count). The van der Waals surface area contributed by atoms with E-state index in [1.165, 1.54) is 4.90 Å². The molecule has 1 unspecified atom stereocenters. The Morgan fingerprint density at radius 3 is 2.62 bits per heavy atom. The van der Waals surface area contributed by atoms with Crippen LogP contribution in [0.15, 0.2) is 0 Å². The Kier molecular flexibility index (Phi) is 4.89. The standard InChI is InChI=1S/C10H15ClF3NO/c11-5-4-8-3-1-2-6-15(8)9(16)7-10(12,13)14/h8H,1-7H2. The maximum atomic E-state index is 12.1. The van der Waals surface area contributed by atoms with E-state index in [2.05, 4.69) is 0 Å². The lowest BCUT2D eigenvalue weighted by Gasteiger charge is -2.35. The first kappa shape index (κ1) is 13.6. The summed E-state index contributed by atoms with van der Waals surface area (Å²) >= 11 is 5.58. The first-order valence-corrected chi connectivity index (χ1v) is 5.89. The molecule has 6 heteroatoms. The molecule has 1 aliphatic rings. The fourth-order valence-corrected chi connectivity index (χ4v) is 2.28. The Labute approximate surface area is 97.7 Å². The number of likely N-dealkylation sites (tertiary alicyclic amines) is 1. The van der Waals surface area contributed by atoms with Gasteiger partial charge < -0.3 is 4.90 Å². The molecule has 1 fully saturated rings. The lowest BCUT2D eigenvalue weighted by Crippen LogP contribution is -2.45. The molecule has 1 heterocycles. The van der Waals surface area contributed by atoms with Crippen molar-refractivity contribution < 1.29 is 18.0 Å². The highest BCUT2D eigenvalue weighted by atomic mass is 35.5. The molecule has 0 aromatic carbocycles. The molecule has 0 aromatic heterocycles. The van der Waals surface area contributed by atoms with Crippen molar-refractivity contribution in [1.29, 1.82) is 0 Å². The quantitative estimate of drug-likeness (QED) is 0.712. The van der Waals surface area contributed by atoms with Crippen LogP contribution < -0.4 is 0 Å². The van der Waals surface area contributed by atoms with Gasteiger partial charge in [0.2, 0.25) is 5.91 Å². The summed E-state index contributed by atoms with van der Waals surface area (Å²) in [5, 5.41) is 0. The highest BCUT2D eigenvalue weighted by Gasteiger charge is 2.36. The second-order valence-corrected chi connectivity index (χ2v) is 4.38. The predicted molar refractivity (Wildman–Crippen MR) is 55.4 cm³/mol. The Morgan fingerprint density at radius 2 is 2.06 bits per heavy atom. The van der Waals surface area contributed by atoms with Crippen molar-refractivity contribution in [2.45, 2.75) is 44.3 Å². The lowest BCUT2D eigenvalue weighted by atomic mass is 9.99. The predicted octanol–water partition coefficient (Wildman–Crippen LogP) is 2.95. The van der Waals surface area contributed by atoms with E-state index in [9.17, 15) is 18.0 Å². The second-order valence-electron chi connectivity index (χ2n) is 4.01. The summed E-state index contributed by atoms with van der Waals surface area (Å²) in [6.45, 7) is 0.427. The van der Waals surface area contributed by atoms with E-state index in [1.807, 2.05) is 0 Å². The van der Waals surface area contributed by atoms with E-state index in [4.69, 9.17) is 11.6 Å². The maximum Gasteiger partial charge on any atom is 0.397 e. The first-order chi connectivity index (χ1) is 7.44. The number of piperidine rings is 1. The molecular formula is C10H15ClF3NO. The molecular weight excluding hydrogens is 243 g/mol. The number of alkyl halides is 4. The zero-order chi connectivity index (χ0) is 12.2. The van der Waals surface area contributed by atoms with Gasteiger partial charge in [-0.15, -0.1) is 11.6 Å². The van der Waals surface area contributed by atoms with Crippen molar-refractivity contribution in [3.63, 3.8) is 0 Å². The van der Waals surface area contributed by atoms with Gasteiger partial charge in [0.05, 0.1) is 0 Å². The molecule has 0 spiro atoms. The minimum Gasteiger partial charge on any atom is -0.339 e. The van der Waals surface area contributed by atoms with Crippen molar-refractivity contribution in [2.24, 2.45) is 0 Å².